The molecule has 1 aromatic carbocycles. The van der Waals surface area contributed by atoms with E-state index in [0.29, 0.717) is 0 Å². The summed E-state index contributed by atoms with van der Waals surface area (Å²) in [6.07, 6.45) is -4.84. The number of carboxylic acids is 1. The predicted molar refractivity (Wildman–Crippen MR) is 64.7 cm³/mol. The second-order valence-electron chi connectivity index (χ2n) is 3.57. The lowest BCUT2D eigenvalue weighted by molar-refractivity contribution is -0.138. The van der Waals surface area contributed by atoms with Gasteiger partial charge in [0, 0.05) is 12.7 Å². The van der Waals surface area contributed by atoms with Crippen LogP contribution in [0.15, 0.2) is 24.3 Å². The molecule has 0 aromatic heterocycles. The number of nitrogens with zero attached hydrogens (tertiary/aromatic N) is 1. The summed E-state index contributed by atoms with van der Waals surface area (Å²) < 4.78 is 37.5. The van der Waals surface area contributed by atoms with Crippen LogP contribution in [0.5, 0.6) is 0 Å². The summed E-state index contributed by atoms with van der Waals surface area (Å²) in [5.74, 6) is -1.13. The minimum absolute atomic E-state index is 0.0434. The lowest BCUT2D eigenvalue weighted by Crippen LogP contribution is -2.26. The maximum Gasteiger partial charge on any atom is 0.416 e. The highest BCUT2D eigenvalue weighted by Crippen LogP contribution is 2.31. The molecule has 1 N–H and O–H groups in total. The number of aliphatic carboxylic acids is 1. The van der Waals surface area contributed by atoms with Gasteiger partial charge in [0.1, 0.15) is 0 Å². The fourth-order valence-corrected chi connectivity index (χ4v) is 1.51. The van der Waals surface area contributed by atoms with E-state index >= 15 is 0 Å². The van der Waals surface area contributed by atoms with Gasteiger partial charge in [-0.3, -0.25) is 4.79 Å². The Kier molecular flexibility index (Phi) is 4.28. The quantitative estimate of drug-likeness (QED) is 0.862. The molecule has 0 aliphatic carbocycles. The van der Waals surface area contributed by atoms with Crippen molar-refractivity contribution >= 4 is 28.9 Å². The number of anilines is 1. The van der Waals surface area contributed by atoms with Crippen molar-refractivity contribution in [3.8, 4) is 0 Å². The Morgan fingerprint density at radius 1 is 1.44 bits per heavy atom. The highest BCUT2D eigenvalue weighted by atomic mass is 32.1. The maximum absolute atomic E-state index is 12.5. The van der Waals surface area contributed by atoms with Crippen LogP contribution in [0, 0.1) is 0 Å². The van der Waals surface area contributed by atoms with Gasteiger partial charge in [-0.05, 0) is 18.2 Å². The summed E-state index contributed by atoms with van der Waals surface area (Å²) >= 11 is 4.84. The normalized spacial score (nSPS) is 11.1. The zero-order valence-electron chi connectivity index (χ0n) is 9.36. The van der Waals surface area contributed by atoms with E-state index in [-0.39, 0.29) is 10.7 Å². The van der Waals surface area contributed by atoms with Crippen LogP contribution in [-0.2, 0) is 11.0 Å². The molecule has 0 amide bonds. The monoisotopic (exact) mass is 277 g/mol. The zero-order valence-corrected chi connectivity index (χ0v) is 10.2. The molecule has 0 saturated carbocycles. The largest absolute Gasteiger partial charge is 0.481 e. The molecule has 0 radical (unpaired) electrons. The third-order valence-corrected chi connectivity index (χ3v) is 2.66. The molecule has 0 aliphatic heterocycles. The van der Waals surface area contributed by atoms with Crippen LogP contribution < -0.4 is 4.90 Å². The van der Waals surface area contributed by atoms with Gasteiger partial charge in [0.05, 0.1) is 17.0 Å². The van der Waals surface area contributed by atoms with Crippen LogP contribution in [-0.4, -0.2) is 23.1 Å². The van der Waals surface area contributed by atoms with Crippen LogP contribution in [0.1, 0.15) is 12.0 Å². The second kappa shape index (κ2) is 5.34. The molecule has 0 fully saturated rings. The molecule has 98 valence electrons. The highest BCUT2D eigenvalue weighted by Gasteiger charge is 2.30. The summed E-state index contributed by atoms with van der Waals surface area (Å²) in [6, 6.07) is 4.55. The summed E-state index contributed by atoms with van der Waals surface area (Å²) in [6.45, 7) is 0. The molecule has 0 heterocycles. The third kappa shape index (κ3) is 3.69. The maximum atomic E-state index is 12.5. The summed E-state index contributed by atoms with van der Waals surface area (Å²) in [4.78, 5) is 11.8. The molecule has 0 atom stereocenters. The van der Waals surface area contributed by atoms with Gasteiger partial charge in [-0.25, -0.2) is 0 Å². The molecular weight excluding hydrogens is 267 g/mol. The van der Waals surface area contributed by atoms with Gasteiger partial charge in [0.25, 0.3) is 0 Å². The Labute approximate surface area is 107 Å². The van der Waals surface area contributed by atoms with Crippen molar-refractivity contribution in [1.29, 1.82) is 0 Å². The van der Waals surface area contributed by atoms with E-state index in [1.807, 2.05) is 0 Å². The minimum Gasteiger partial charge on any atom is -0.481 e. The van der Waals surface area contributed by atoms with Crippen LogP contribution in [0.4, 0.5) is 18.9 Å². The van der Waals surface area contributed by atoms with Gasteiger partial charge in [0.2, 0.25) is 0 Å². The third-order valence-electron chi connectivity index (χ3n) is 2.24. The number of alkyl halides is 3. The molecule has 7 heteroatoms. The van der Waals surface area contributed by atoms with Crippen molar-refractivity contribution in [2.75, 3.05) is 11.9 Å². The number of carboxylic acid groups (broad SMARTS) is 1. The topological polar surface area (TPSA) is 40.5 Å². The average molecular weight is 277 g/mol. The standard InChI is InChI=1S/C11H10F3NO2S/c1-15(9(18)6-10(16)17)8-4-2-3-7(5-8)11(12,13)14/h2-5H,6H2,1H3,(H,16,17). The van der Waals surface area contributed by atoms with E-state index < -0.39 is 24.1 Å². The first-order valence-corrected chi connectivity index (χ1v) is 5.28. The van der Waals surface area contributed by atoms with E-state index in [9.17, 15) is 18.0 Å². The second-order valence-corrected chi connectivity index (χ2v) is 4.04. The Balaban J connectivity index is 2.96. The number of benzene rings is 1. The molecular formula is C11H10F3NO2S. The van der Waals surface area contributed by atoms with Crippen molar-refractivity contribution in [2.45, 2.75) is 12.6 Å². The van der Waals surface area contributed by atoms with Crippen molar-refractivity contribution in [3.05, 3.63) is 29.8 Å². The molecule has 1 rings (SSSR count). The number of carbonyl (C=O) groups is 1. The van der Waals surface area contributed by atoms with Crippen LogP contribution in [0.2, 0.25) is 0 Å². The highest BCUT2D eigenvalue weighted by molar-refractivity contribution is 7.80. The van der Waals surface area contributed by atoms with E-state index in [1.54, 1.807) is 0 Å². The summed E-state index contributed by atoms with van der Waals surface area (Å²) in [5.41, 5.74) is -0.596. The Hall–Kier alpha value is -1.63. The van der Waals surface area contributed by atoms with Crippen molar-refractivity contribution in [2.24, 2.45) is 0 Å². The molecule has 0 aliphatic rings. The Morgan fingerprint density at radius 3 is 2.56 bits per heavy atom. The predicted octanol–water partition coefficient (Wildman–Crippen LogP) is 2.94. The lowest BCUT2D eigenvalue weighted by Gasteiger charge is -2.20. The van der Waals surface area contributed by atoms with Crippen molar-refractivity contribution in [3.63, 3.8) is 0 Å². The fourth-order valence-electron chi connectivity index (χ4n) is 1.28. The van der Waals surface area contributed by atoms with E-state index in [2.05, 4.69) is 0 Å². The number of halogens is 3. The molecule has 3 nitrogen and oxygen atoms in total. The fraction of sp³-hybridized carbons (Fsp3) is 0.273. The Morgan fingerprint density at radius 2 is 2.06 bits per heavy atom. The van der Waals surface area contributed by atoms with Gasteiger partial charge in [-0.1, -0.05) is 18.3 Å². The van der Waals surface area contributed by atoms with Gasteiger partial charge < -0.3 is 10.0 Å². The number of hydrogen-bond donors (Lipinski definition) is 1. The molecule has 1 aromatic rings. The minimum atomic E-state index is -4.44. The van der Waals surface area contributed by atoms with Gasteiger partial charge >= 0.3 is 12.1 Å². The molecule has 0 unspecified atom stereocenters. The smallest absolute Gasteiger partial charge is 0.416 e. The first-order chi connectivity index (χ1) is 8.21. The van der Waals surface area contributed by atoms with E-state index in [1.165, 1.54) is 24.1 Å². The molecule has 0 saturated heterocycles. The summed E-state index contributed by atoms with van der Waals surface area (Å²) in [5, 5.41) is 8.57. The van der Waals surface area contributed by atoms with Gasteiger partial charge in [-0.2, -0.15) is 13.2 Å². The van der Waals surface area contributed by atoms with E-state index in [4.69, 9.17) is 17.3 Å². The van der Waals surface area contributed by atoms with Crippen LogP contribution in [0.25, 0.3) is 0 Å². The Bertz CT molecular complexity index is 474. The number of thiocarbonyl (C=S) groups is 1. The molecule has 0 spiro atoms. The number of rotatable bonds is 3. The number of hydrogen-bond acceptors (Lipinski definition) is 2. The van der Waals surface area contributed by atoms with Crippen LogP contribution >= 0.6 is 12.2 Å². The first-order valence-electron chi connectivity index (χ1n) is 4.87. The van der Waals surface area contributed by atoms with Crippen molar-refractivity contribution in [1.82, 2.24) is 0 Å². The SMILES string of the molecule is CN(C(=S)CC(=O)O)c1cccc(C(F)(F)F)c1. The lowest BCUT2D eigenvalue weighted by atomic mass is 10.2. The van der Waals surface area contributed by atoms with E-state index in [0.717, 1.165) is 12.1 Å². The zero-order chi connectivity index (χ0) is 13.9. The molecule has 0 bridgehead atoms. The van der Waals surface area contributed by atoms with Gasteiger partial charge in [-0.15, -0.1) is 0 Å². The first kappa shape index (κ1) is 14.4. The van der Waals surface area contributed by atoms with Gasteiger partial charge in [0.15, 0.2) is 0 Å². The average Bonchev–Trinajstić information content (AvgIpc) is 2.26. The van der Waals surface area contributed by atoms with Crippen LogP contribution in [0.3, 0.4) is 0 Å². The summed E-state index contributed by atoms with van der Waals surface area (Å²) in [7, 11) is 1.43. The van der Waals surface area contributed by atoms with Crippen molar-refractivity contribution < 1.29 is 23.1 Å². The molecule has 18 heavy (non-hydrogen) atoms.